The van der Waals surface area contributed by atoms with Crippen molar-refractivity contribution >= 4 is 5.91 Å². The van der Waals surface area contributed by atoms with Crippen LogP contribution in [0.2, 0.25) is 0 Å². The van der Waals surface area contributed by atoms with E-state index in [4.69, 9.17) is 4.74 Å². The number of carbonyl (C=O) groups excluding carboxylic acids is 1. The first kappa shape index (κ1) is 12.1. The van der Waals surface area contributed by atoms with Crippen LogP contribution in [-0.4, -0.2) is 36.1 Å². The van der Waals surface area contributed by atoms with Crippen molar-refractivity contribution in [3.05, 3.63) is 17.7 Å². The van der Waals surface area contributed by atoms with Gasteiger partial charge in [0, 0.05) is 38.3 Å². The van der Waals surface area contributed by atoms with Crippen LogP contribution in [0.1, 0.15) is 24.2 Å². The number of hydrogen-bond donors (Lipinski definition) is 2. The van der Waals surface area contributed by atoms with Gasteiger partial charge in [-0.25, -0.2) is 4.98 Å². The Labute approximate surface area is 101 Å². The van der Waals surface area contributed by atoms with E-state index in [9.17, 15) is 4.79 Å². The number of aromatic amines is 1. The van der Waals surface area contributed by atoms with Gasteiger partial charge in [0.25, 0.3) is 0 Å². The van der Waals surface area contributed by atoms with E-state index in [-0.39, 0.29) is 11.8 Å². The fourth-order valence-corrected chi connectivity index (χ4v) is 2.20. The number of aryl methyl sites for hydroxylation is 1. The van der Waals surface area contributed by atoms with E-state index >= 15 is 0 Å². The predicted octanol–water partition coefficient (Wildman–Crippen LogP) is 0.667. The maximum atomic E-state index is 11.9. The fraction of sp³-hybridized carbons (Fsp3) is 0.667. The number of nitrogens with one attached hydrogen (secondary N) is 2. The lowest BCUT2D eigenvalue weighted by atomic mass is 9.89. The van der Waals surface area contributed by atoms with Gasteiger partial charge < -0.3 is 15.0 Å². The summed E-state index contributed by atoms with van der Waals surface area (Å²) in [4.78, 5) is 19.2. The second-order valence-corrected chi connectivity index (χ2v) is 4.40. The summed E-state index contributed by atoms with van der Waals surface area (Å²) in [6.07, 6.45) is 5.15. The minimum Gasteiger partial charge on any atom is -0.385 e. The van der Waals surface area contributed by atoms with Gasteiger partial charge >= 0.3 is 0 Å². The molecule has 0 spiro atoms. The summed E-state index contributed by atoms with van der Waals surface area (Å²) in [5, 5.41) is 2.96. The Kier molecular flexibility index (Phi) is 4.14. The first-order valence-corrected chi connectivity index (χ1v) is 6.09. The third-order valence-electron chi connectivity index (χ3n) is 3.18. The predicted molar refractivity (Wildman–Crippen MR) is 63.6 cm³/mol. The lowest BCUT2D eigenvalue weighted by Crippen LogP contribution is -2.35. The van der Waals surface area contributed by atoms with Crippen molar-refractivity contribution in [1.82, 2.24) is 15.3 Å². The van der Waals surface area contributed by atoms with Gasteiger partial charge in [0.2, 0.25) is 5.91 Å². The maximum absolute atomic E-state index is 11.9. The van der Waals surface area contributed by atoms with Gasteiger partial charge in [0.1, 0.15) is 0 Å². The Balaban J connectivity index is 1.78. The molecule has 0 saturated heterocycles. The minimum absolute atomic E-state index is 0.0884. The monoisotopic (exact) mass is 237 g/mol. The molecule has 0 bridgehead atoms. The van der Waals surface area contributed by atoms with Crippen molar-refractivity contribution < 1.29 is 9.53 Å². The van der Waals surface area contributed by atoms with Gasteiger partial charge in [-0.2, -0.15) is 0 Å². The van der Waals surface area contributed by atoms with E-state index in [0.29, 0.717) is 13.2 Å². The largest absolute Gasteiger partial charge is 0.385 e. The molecule has 1 aliphatic carbocycles. The van der Waals surface area contributed by atoms with Crippen LogP contribution < -0.4 is 5.32 Å². The Morgan fingerprint density at radius 2 is 2.59 bits per heavy atom. The second-order valence-electron chi connectivity index (χ2n) is 4.40. The Bertz CT molecular complexity index is 376. The quantitative estimate of drug-likeness (QED) is 0.740. The van der Waals surface area contributed by atoms with Crippen LogP contribution in [0.3, 0.4) is 0 Å². The molecule has 0 radical (unpaired) electrons. The number of H-pyrrole nitrogens is 1. The molecule has 0 unspecified atom stereocenters. The molecule has 1 aromatic rings. The summed E-state index contributed by atoms with van der Waals surface area (Å²) in [6, 6.07) is 0. The van der Waals surface area contributed by atoms with Gasteiger partial charge in [0.15, 0.2) is 0 Å². The lowest BCUT2D eigenvalue weighted by Gasteiger charge is -2.20. The minimum atomic E-state index is 0.0884. The smallest absolute Gasteiger partial charge is 0.223 e. The number of carbonyl (C=O) groups is 1. The van der Waals surface area contributed by atoms with E-state index in [1.54, 1.807) is 13.4 Å². The zero-order valence-electron chi connectivity index (χ0n) is 10.2. The molecular weight excluding hydrogens is 218 g/mol. The van der Waals surface area contributed by atoms with Crippen molar-refractivity contribution in [2.24, 2.45) is 5.92 Å². The van der Waals surface area contributed by atoms with Crippen molar-refractivity contribution in [2.45, 2.75) is 25.7 Å². The number of rotatable bonds is 5. The van der Waals surface area contributed by atoms with Crippen molar-refractivity contribution in [3.8, 4) is 0 Å². The van der Waals surface area contributed by atoms with Crippen molar-refractivity contribution in [2.75, 3.05) is 20.3 Å². The summed E-state index contributed by atoms with van der Waals surface area (Å²) in [7, 11) is 1.67. The topological polar surface area (TPSA) is 67.0 Å². The molecular formula is C12H19N3O2. The molecule has 1 aromatic heterocycles. The van der Waals surface area contributed by atoms with Gasteiger partial charge in [-0.15, -0.1) is 0 Å². The molecule has 94 valence electrons. The fourth-order valence-electron chi connectivity index (χ4n) is 2.20. The number of fused-ring (bicyclic) bond motifs is 1. The molecule has 0 saturated carbocycles. The molecule has 2 N–H and O–H groups in total. The highest BCUT2D eigenvalue weighted by Gasteiger charge is 2.25. The number of nitrogens with zero attached hydrogens (tertiary/aromatic N) is 1. The normalized spacial score (nSPS) is 18.8. The first-order valence-electron chi connectivity index (χ1n) is 6.09. The van der Waals surface area contributed by atoms with E-state index < -0.39 is 0 Å². The highest BCUT2D eigenvalue weighted by molar-refractivity contribution is 5.79. The van der Waals surface area contributed by atoms with Crippen LogP contribution in [-0.2, 0) is 22.4 Å². The van der Waals surface area contributed by atoms with E-state index in [1.807, 2.05) is 0 Å². The number of amides is 1. The number of methoxy groups -OCH3 is 1. The van der Waals surface area contributed by atoms with Gasteiger partial charge in [-0.1, -0.05) is 0 Å². The van der Waals surface area contributed by atoms with Crippen LogP contribution >= 0.6 is 0 Å². The van der Waals surface area contributed by atoms with Crippen LogP contribution in [0, 0.1) is 5.92 Å². The van der Waals surface area contributed by atoms with E-state index in [0.717, 1.165) is 37.1 Å². The molecule has 2 rings (SSSR count). The van der Waals surface area contributed by atoms with Crippen LogP contribution in [0.25, 0.3) is 0 Å². The zero-order chi connectivity index (χ0) is 12.1. The molecule has 0 aromatic carbocycles. The average Bonchev–Trinajstić information content (AvgIpc) is 2.81. The van der Waals surface area contributed by atoms with Gasteiger partial charge in [-0.05, 0) is 19.3 Å². The highest BCUT2D eigenvalue weighted by atomic mass is 16.5. The van der Waals surface area contributed by atoms with Crippen molar-refractivity contribution in [3.63, 3.8) is 0 Å². The SMILES string of the molecule is COCCCNC(=O)[C@@H]1CCc2nc[nH]c2C1. The average molecular weight is 237 g/mol. The molecule has 0 aliphatic heterocycles. The number of hydrogen-bond acceptors (Lipinski definition) is 3. The molecule has 1 atom stereocenters. The molecule has 1 heterocycles. The lowest BCUT2D eigenvalue weighted by molar-refractivity contribution is -0.125. The zero-order valence-corrected chi connectivity index (χ0v) is 10.2. The molecule has 1 amide bonds. The number of imidazole rings is 1. The summed E-state index contributed by atoms with van der Waals surface area (Å²) in [5.74, 6) is 0.242. The molecule has 17 heavy (non-hydrogen) atoms. The van der Waals surface area contributed by atoms with Crippen LogP contribution in [0.15, 0.2) is 6.33 Å². The molecule has 5 nitrogen and oxygen atoms in total. The highest BCUT2D eigenvalue weighted by Crippen LogP contribution is 2.22. The van der Waals surface area contributed by atoms with Crippen LogP contribution in [0.5, 0.6) is 0 Å². The Morgan fingerprint density at radius 1 is 1.71 bits per heavy atom. The van der Waals surface area contributed by atoms with E-state index in [2.05, 4.69) is 15.3 Å². The maximum Gasteiger partial charge on any atom is 0.223 e. The Morgan fingerprint density at radius 3 is 3.41 bits per heavy atom. The third kappa shape index (κ3) is 3.06. The standard InChI is InChI=1S/C12H19N3O2/c1-17-6-2-5-13-12(16)9-3-4-10-11(7-9)15-8-14-10/h8-9H,2-7H2,1H3,(H,13,16)(H,14,15)/t9-/m1/s1. The van der Waals surface area contributed by atoms with Crippen LogP contribution in [0.4, 0.5) is 0 Å². The second kappa shape index (κ2) is 5.82. The summed E-state index contributed by atoms with van der Waals surface area (Å²) in [6.45, 7) is 1.38. The molecule has 5 heteroatoms. The van der Waals surface area contributed by atoms with Gasteiger partial charge in [0.05, 0.1) is 12.0 Å². The third-order valence-corrected chi connectivity index (χ3v) is 3.18. The van der Waals surface area contributed by atoms with Crippen molar-refractivity contribution in [1.29, 1.82) is 0 Å². The first-order chi connectivity index (χ1) is 8.31. The van der Waals surface area contributed by atoms with Gasteiger partial charge in [-0.3, -0.25) is 4.79 Å². The summed E-state index contributed by atoms with van der Waals surface area (Å²) < 4.78 is 4.94. The van der Waals surface area contributed by atoms with E-state index in [1.165, 1.54) is 0 Å². The summed E-state index contributed by atoms with van der Waals surface area (Å²) in [5.41, 5.74) is 2.24. The molecule has 0 fully saturated rings. The Hall–Kier alpha value is -1.36. The summed E-state index contributed by atoms with van der Waals surface area (Å²) >= 11 is 0. The number of aromatic nitrogens is 2. The number of ether oxygens (including phenoxy) is 1. The molecule has 1 aliphatic rings.